The van der Waals surface area contributed by atoms with Crippen LogP contribution >= 0.6 is 0 Å². The van der Waals surface area contributed by atoms with Crippen LogP contribution in [0.5, 0.6) is 0 Å². The van der Waals surface area contributed by atoms with Crippen molar-refractivity contribution in [3.63, 3.8) is 0 Å². The Morgan fingerprint density at radius 2 is 1.48 bits per heavy atom. The fourth-order valence-corrected chi connectivity index (χ4v) is 5.00. The van der Waals surface area contributed by atoms with E-state index in [2.05, 4.69) is 10.3 Å². The van der Waals surface area contributed by atoms with E-state index in [1.165, 1.54) is 36.4 Å². The van der Waals surface area contributed by atoms with Crippen molar-refractivity contribution in [3.8, 4) is 0 Å². The summed E-state index contributed by atoms with van der Waals surface area (Å²) < 4.78 is 48.9. The monoisotopic (exact) mass is 632 g/mol. The number of nitrogens with one attached hydrogen (secondary N) is 1. The fraction of sp³-hybridized carbons (Fsp3) is 0.242. The standard InChI is InChI=1S/C33H30F2N4O7/c34-24-18-39(32(43)38-28(24)37-29(40)21-10-4-1-5-11-21)17-16-25-26(35)27(45-31(42)23-14-8-3-9-15-23)33(19-36,46-25)20-44-30(41)22-12-6-2-7-13-22/h1-15,18,25-27H,16-17,19-20,36H2,(H,37,38,40,43)/t25?,26-,27-,33+/m0/s1. The van der Waals surface area contributed by atoms with Gasteiger partial charge < -0.3 is 25.3 Å². The number of nitrogens with zero attached hydrogens (tertiary/aromatic N) is 2. The maximum atomic E-state index is 16.1. The van der Waals surface area contributed by atoms with Crippen LogP contribution in [0.15, 0.2) is 102 Å². The molecule has 1 amide bonds. The summed E-state index contributed by atoms with van der Waals surface area (Å²) in [6, 6.07) is 23.9. The Morgan fingerprint density at radius 1 is 0.913 bits per heavy atom. The topological polar surface area (TPSA) is 152 Å². The van der Waals surface area contributed by atoms with Crippen LogP contribution < -0.4 is 16.7 Å². The van der Waals surface area contributed by atoms with Gasteiger partial charge in [-0.05, 0) is 42.8 Å². The first-order valence-corrected chi connectivity index (χ1v) is 14.3. The Kier molecular flexibility index (Phi) is 9.94. The first-order chi connectivity index (χ1) is 22.2. The van der Waals surface area contributed by atoms with Gasteiger partial charge in [0.05, 0.1) is 17.2 Å². The number of alkyl halides is 1. The number of ether oxygens (including phenoxy) is 3. The highest BCUT2D eigenvalue weighted by atomic mass is 19.1. The summed E-state index contributed by atoms with van der Waals surface area (Å²) in [4.78, 5) is 54.4. The van der Waals surface area contributed by atoms with Crippen LogP contribution in [0, 0.1) is 5.82 Å². The van der Waals surface area contributed by atoms with Crippen LogP contribution in [-0.4, -0.2) is 64.5 Å². The lowest BCUT2D eigenvalue weighted by Gasteiger charge is -2.32. The van der Waals surface area contributed by atoms with E-state index >= 15 is 4.39 Å². The molecule has 0 bridgehead atoms. The van der Waals surface area contributed by atoms with Gasteiger partial charge in [-0.1, -0.05) is 54.6 Å². The highest BCUT2D eigenvalue weighted by Gasteiger charge is 2.58. The number of nitrogens with two attached hydrogens (primary N) is 1. The van der Waals surface area contributed by atoms with E-state index < -0.39 is 72.3 Å². The minimum absolute atomic E-state index is 0.151. The lowest BCUT2D eigenvalue weighted by Crippen LogP contribution is -2.54. The Bertz CT molecular complexity index is 1740. The Balaban J connectivity index is 1.33. The summed E-state index contributed by atoms with van der Waals surface area (Å²) in [5.74, 6) is -3.79. The van der Waals surface area contributed by atoms with Gasteiger partial charge in [0, 0.05) is 24.8 Å². The van der Waals surface area contributed by atoms with Crippen LogP contribution in [0.3, 0.4) is 0 Å². The molecule has 1 aromatic heterocycles. The molecule has 1 unspecified atom stereocenters. The third-order valence-electron chi connectivity index (χ3n) is 7.47. The molecular formula is C33H30F2N4O7. The summed E-state index contributed by atoms with van der Waals surface area (Å²) in [6.45, 7) is -1.21. The van der Waals surface area contributed by atoms with E-state index in [-0.39, 0.29) is 29.7 Å². The van der Waals surface area contributed by atoms with Gasteiger partial charge in [-0.15, -0.1) is 0 Å². The predicted molar refractivity (Wildman–Crippen MR) is 161 cm³/mol. The molecule has 11 nitrogen and oxygen atoms in total. The van der Waals surface area contributed by atoms with Crippen LogP contribution in [0.1, 0.15) is 37.5 Å². The van der Waals surface area contributed by atoms with Crippen molar-refractivity contribution in [3.05, 3.63) is 130 Å². The Labute approximate surface area is 261 Å². The molecule has 4 atom stereocenters. The number of rotatable bonds is 11. The van der Waals surface area contributed by atoms with Crippen molar-refractivity contribution in [2.45, 2.75) is 36.9 Å². The summed E-state index contributed by atoms with van der Waals surface area (Å²) in [5, 5.41) is 2.26. The number of amides is 1. The molecule has 1 aliphatic rings. The molecule has 3 N–H and O–H groups in total. The van der Waals surface area contributed by atoms with E-state index in [0.29, 0.717) is 0 Å². The molecule has 0 radical (unpaired) electrons. The highest BCUT2D eigenvalue weighted by Crippen LogP contribution is 2.38. The normalized spacial score (nSPS) is 20.5. The summed E-state index contributed by atoms with van der Waals surface area (Å²) in [7, 11) is 0. The SMILES string of the molecule is NC[C@]1(COC(=O)c2ccccc2)OC(CCn2cc(F)c(NC(=O)c3ccccc3)nc2=O)[C@H](F)[C@@H]1OC(=O)c1ccccc1. The van der Waals surface area contributed by atoms with Gasteiger partial charge in [0.25, 0.3) is 5.91 Å². The van der Waals surface area contributed by atoms with Crippen LogP contribution in [-0.2, 0) is 20.8 Å². The largest absolute Gasteiger partial charge is 0.459 e. The third-order valence-corrected chi connectivity index (χ3v) is 7.47. The fourth-order valence-electron chi connectivity index (χ4n) is 5.00. The highest BCUT2D eigenvalue weighted by molar-refractivity contribution is 6.03. The molecule has 238 valence electrons. The summed E-state index contributed by atoms with van der Waals surface area (Å²) >= 11 is 0. The molecule has 1 aliphatic heterocycles. The average Bonchev–Trinajstić information content (AvgIpc) is 3.35. The number of halogens is 2. The molecular weight excluding hydrogens is 602 g/mol. The van der Waals surface area contributed by atoms with Gasteiger partial charge in [0.15, 0.2) is 29.5 Å². The number of carbonyl (C=O) groups is 3. The molecule has 4 aromatic rings. The number of aryl methyl sites for hydroxylation is 1. The van der Waals surface area contributed by atoms with Gasteiger partial charge in [-0.3, -0.25) is 9.36 Å². The number of anilines is 1. The maximum Gasteiger partial charge on any atom is 0.349 e. The Hall–Kier alpha value is -5.27. The van der Waals surface area contributed by atoms with Gasteiger partial charge >= 0.3 is 17.6 Å². The zero-order valence-electron chi connectivity index (χ0n) is 24.4. The van der Waals surface area contributed by atoms with E-state index in [0.717, 1.165) is 10.8 Å². The molecule has 0 saturated carbocycles. The average molecular weight is 633 g/mol. The number of hydrogen-bond donors (Lipinski definition) is 2. The van der Waals surface area contributed by atoms with Crippen molar-refractivity contribution in [1.29, 1.82) is 0 Å². The molecule has 1 fully saturated rings. The first kappa shape index (κ1) is 32.1. The van der Waals surface area contributed by atoms with Gasteiger partial charge in [-0.2, -0.15) is 4.98 Å². The van der Waals surface area contributed by atoms with E-state index in [1.54, 1.807) is 54.6 Å². The number of esters is 2. The number of hydrogen-bond acceptors (Lipinski definition) is 9. The minimum Gasteiger partial charge on any atom is -0.459 e. The molecule has 5 rings (SSSR count). The second kappa shape index (κ2) is 14.2. The quantitative estimate of drug-likeness (QED) is 0.237. The number of carbonyl (C=O) groups excluding carboxylic acids is 3. The smallest absolute Gasteiger partial charge is 0.349 e. The number of benzene rings is 3. The zero-order chi connectivity index (χ0) is 32.7. The third kappa shape index (κ3) is 7.16. The lowest BCUT2D eigenvalue weighted by atomic mass is 9.95. The molecule has 1 saturated heterocycles. The molecule has 0 spiro atoms. The van der Waals surface area contributed by atoms with Crippen molar-refractivity contribution >= 4 is 23.7 Å². The van der Waals surface area contributed by atoms with Gasteiger partial charge in [0.2, 0.25) is 0 Å². The van der Waals surface area contributed by atoms with Crippen LogP contribution in [0.25, 0.3) is 0 Å². The second-order valence-electron chi connectivity index (χ2n) is 10.5. The molecule has 46 heavy (non-hydrogen) atoms. The second-order valence-corrected chi connectivity index (χ2v) is 10.5. The predicted octanol–water partition coefficient (Wildman–Crippen LogP) is 3.54. The lowest BCUT2D eigenvalue weighted by molar-refractivity contribution is -0.113. The van der Waals surface area contributed by atoms with E-state index in [1.807, 2.05) is 0 Å². The van der Waals surface area contributed by atoms with Crippen molar-refractivity contribution in [2.75, 3.05) is 18.5 Å². The molecule has 2 heterocycles. The van der Waals surface area contributed by atoms with Crippen LogP contribution in [0.2, 0.25) is 0 Å². The maximum absolute atomic E-state index is 16.1. The van der Waals surface area contributed by atoms with Crippen molar-refractivity contribution in [1.82, 2.24) is 9.55 Å². The van der Waals surface area contributed by atoms with Crippen molar-refractivity contribution in [2.24, 2.45) is 5.73 Å². The molecule has 3 aromatic carbocycles. The minimum atomic E-state index is -1.97. The zero-order valence-corrected chi connectivity index (χ0v) is 24.4. The first-order valence-electron chi connectivity index (χ1n) is 14.3. The van der Waals surface area contributed by atoms with E-state index in [4.69, 9.17) is 19.9 Å². The molecule has 13 heteroatoms. The van der Waals surface area contributed by atoms with Gasteiger partial charge in [-0.25, -0.2) is 23.2 Å². The van der Waals surface area contributed by atoms with Crippen LogP contribution in [0.4, 0.5) is 14.6 Å². The van der Waals surface area contributed by atoms with Gasteiger partial charge in [0.1, 0.15) is 6.61 Å². The molecule has 0 aliphatic carbocycles. The Morgan fingerprint density at radius 3 is 2.07 bits per heavy atom. The summed E-state index contributed by atoms with van der Waals surface area (Å²) in [5.41, 5.74) is 3.98. The number of aromatic nitrogens is 2. The van der Waals surface area contributed by atoms with E-state index in [9.17, 15) is 23.6 Å². The summed E-state index contributed by atoms with van der Waals surface area (Å²) in [6.07, 6.45) is -4.24. The van der Waals surface area contributed by atoms with Crippen molar-refractivity contribution < 1.29 is 37.4 Å².